The third-order valence-electron chi connectivity index (χ3n) is 9.38. The average Bonchev–Trinajstić information content (AvgIpc) is 3.13. The van der Waals surface area contributed by atoms with Crippen molar-refractivity contribution in [3.63, 3.8) is 0 Å². The molecule has 0 radical (unpaired) electrons. The van der Waals surface area contributed by atoms with Gasteiger partial charge in [-0.2, -0.15) is 0 Å². The van der Waals surface area contributed by atoms with E-state index in [-0.39, 0.29) is 40.6 Å². The summed E-state index contributed by atoms with van der Waals surface area (Å²) in [6.07, 6.45) is 15.0. The van der Waals surface area contributed by atoms with E-state index in [0.717, 1.165) is 28.4 Å². The van der Waals surface area contributed by atoms with E-state index < -0.39 is 10.1 Å². The summed E-state index contributed by atoms with van der Waals surface area (Å²) in [5.41, 5.74) is 7.91. The minimum absolute atomic E-state index is 0. The standard InChI is InChI=1S/C30H43O2P.C13H13N.CH4O3S.Pd/c1-22(2)31-27-19-13-20-28(32-23(3)4)30(27)26-18-11-12-21-29(26)33(24-14-7-5-8-15-24)25-16-9-6-10-17-25;1-14-13-10-6-5-9-12(13)11-7-3-2-4-8-11;1-5(2,3)4;/h11-13,18-25H,5-10,14-17H2,1-4H3;2-10,14H,1H3;1H3,(H,2,3,4);/p-1. The van der Waals surface area contributed by atoms with Gasteiger partial charge in [0.2, 0.25) is 0 Å². The van der Waals surface area contributed by atoms with Crippen LogP contribution in [-0.2, 0) is 30.5 Å². The Morgan fingerprint density at radius 3 is 1.55 bits per heavy atom. The first-order valence-corrected chi connectivity index (χ1v) is 22.3. The van der Waals surface area contributed by atoms with Crippen molar-refractivity contribution in [3.8, 4) is 33.8 Å². The topological polar surface area (TPSA) is 87.7 Å². The fraction of sp³-hybridized carbons (Fsp3) is 0.455. The molecule has 0 aliphatic heterocycles. The maximum absolute atomic E-state index is 9.08. The summed E-state index contributed by atoms with van der Waals surface area (Å²) >= 11 is 0. The van der Waals surface area contributed by atoms with Gasteiger partial charge >= 0.3 is 0 Å². The number of ether oxygens (including phenoxy) is 2. The van der Waals surface area contributed by atoms with E-state index in [1.807, 2.05) is 19.2 Å². The van der Waals surface area contributed by atoms with Crippen LogP contribution in [0.2, 0.25) is 0 Å². The van der Waals surface area contributed by atoms with Crippen LogP contribution in [0.4, 0.5) is 5.69 Å². The van der Waals surface area contributed by atoms with E-state index >= 15 is 0 Å². The van der Waals surface area contributed by atoms with E-state index in [9.17, 15) is 0 Å². The second-order valence-corrected chi connectivity index (χ2v) is 18.5. The number of nitrogens with one attached hydrogen (secondary N) is 1. The Morgan fingerprint density at radius 1 is 0.642 bits per heavy atom. The zero-order valence-corrected chi connectivity index (χ0v) is 35.6. The molecule has 53 heavy (non-hydrogen) atoms. The van der Waals surface area contributed by atoms with Gasteiger partial charge < -0.3 is 19.3 Å². The van der Waals surface area contributed by atoms with Gasteiger partial charge in [0.15, 0.2) is 0 Å². The van der Waals surface area contributed by atoms with Crippen LogP contribution >= 0.6 is 7.92 Å². The van der Waals surface area contributed by atoms with Crippen molar-refractivity contribution in [2.75, 3.05) is 18.6 Å². The van der Waals surface area contributed by atoms with Crippen LogP contribution in [-0.4, -0.2) is 49.8 Å². The molecule has 0 atom stereocenters. The van der Waals surface area contributed by atoms with Gasteiger partial charge in [-0.05, 0) is 99.3 Å². The van der Waals surface area contributed by atoms with Crippen molar-refractivity contribution in [2.45, 2.75) is 115 Å². The SMILES string of the molecule is CC(C)Oc1cccc(OC(C)C)c1-c1ccccc1P(C1CCCCC1)C1CCCCC1.CNc1ccccc1-c1ccccc1.CS(=O)(=O)[O-].[Pd]. The first kappa shape index (κ1) is 44.7. The molecular weight excluding hydrogens is 792 g/mol. The molecule has 0 spiro atoms. The Kier molecular flexibility index (Phi) is 19.1. The van der Waals surface area contributed by atoms with Gasteiger partial charge in [-0.1, -0.05) is 125 Å². The molecule has 0 aromatic heterocycles. The van der Waals surface area contributed by atoms with E-state index in [2.05, 4.69) is 118 Å². The monoisotopic (exact) mass is 850 g/mol. The predicted octanol–water partition coefficient (Wildman–Crippen LogP) is 11.3. The summed E-state index contributed by atoms with van der Waals surface area (Å²) in [6, 6.07) is 34.3. The third-order valence-corrected chi connectivity index (χ3v) is 12.9. The smallest absolute Gasteiger partial charge is 0.131 e. The molecular formula is C44H59NO5PPdS-. The molecule has 4 aromatic rings. The summed E-state index contributed by atoms with van der Waals surface area (Å²) in [4.78, 5) is 0. The van der Waals surface area contributed by atoms with Crippen LogP contribution in [0.1, 0.15) is 91.9 Å². The van der Waals surface area contributed by atoms with Gasteiger partial charge in [-0.25, -0.2) is 8.42 Å². The van der Waals surface area contributed by atoms with Crippen molar-refractivity contribution < 1.29 is 42.9 Å². The molecule has 0 bridgehead atoms. The molecule has 2 aliphatic rings. The van der Waals surface area contributed by atoms with E-state index in [0.29, 0.717) is 6.26 Å². The number of hydrogen-bond donors (Lipinski definition) is 1. The van der Waals surface area contributed by atoms with Crippen molar-refractivity contribution >= 4 is 29.0 Å². The predicted molar refractivity (Wildman–Crippen MR) is 221 cm³/mol. The normalized spacial score (nSPS) is 15.1. The van der Waals surface area contributed by atoms with Gasteiger partial charge in [0.1, 0.15) is 11.5 Å². The zero-order valence-electron chi connectivity index (χ0n) is 32.3. The van der Waals surface area contributed by atoms with Crippen molar-refractivity contribution in [2.24, 2.45) is 0 Å². The number of anilines is 1. The number of hydrogen-bond acceptors (Lipinski definition) is 6. The molecule has 2 aliphatic carbocycles. The van der Waals surface area contributed by atoms with Crippen LogP contribution in [0.25, 0.3) is 22.3 Å². The van der Waals surface area contributed by atoms with Gasteiger partial charge in [0.05, 0.1) is 27.9 Å². The minimum Gasteiger partial charge on any atom is -0.748 e. The summed E-state index contributed by atoms with van der Waals surface area (Å²) in [5, 5.41) is 4.79. The molecule has 4 aromatic carbocycles. The fourth-order valence-corrected chi connectivity index (χ4v) is 11.3. The van der Waals surface area contributed by atoms with Crippen molar-refractivity contribution in [1.82, 2.24) is 0 Å². The average molecular weight is 851 g/mol. The van der Waals surface area contributed by atoms with E-state index in [4.69, 9.17) is 22.4 Å². The van der Waals surface area contributed by atoms with E-state index in [1.165, 1.54) is 86.6 Å². The Balaban J connectivity index is 0.000000312. The second kappa shape index (κ2) is 22.6. The molecule has 0 heterocycles. The first-order chi connectivity index (χ1) is 25.0. The summed E-state index contributed by atoms with van der Waals surface area (Å²) in [5.74, 6) is 1.91. The van der Waals surface area contributed by atoms with Gasteiger partial charge in [-0.15, -0.1) is 0 Å². The largest absolute Gasteiger partial charge is 0.748 e. The number of para-hydroxylation sites is 1. The molecule has 0 saturated heterocycles. The molecule has 1 N–H and O–H groups in total. The van der Waals surface area contributed by atoms with Crippen LogP contribution < -0.4 is 20.1 Å². The minimum atomic E-state index is -3.92. The fourth-order valence-electron chi connectivity index (χ4n) is 7.37. The Labute approximate surface area is 335 Å². The number of rotatable bonds is 10. The maximum Gasteiger partial charge on any atom is 0.131 e. The van der Waals surface area contributed by atoms with Gasteiger partial charge in [0.25, 0.3) is 0 Å². The van der Waals surface area contributed by atoms with E-state index in [1.54, 1.807) is 5.30 Å². The molecule has 0 unspecified atom stereocenters. The van der Waals surface area contributed by atoms with Crippen LogP contribution in [0.15, 0.2) is 97.1 Å². The van der Waals surface area contributed by atoms with Crippen molar-refractivity contribution in [1.29, 1.82) is 0 Å². The zero-order chi connectivity index (χ0) is 37.5. The third kappa shape index (κ3) is 14.5. The first-order valence-electron chi connectivity index (χ1n) is 19.0. The summed E-state index contributed by atoms with van der Waals surface area (Å²) < 4.78 is 40.0. The summed E-state index contributed by atoms with van der Waals surface area (Å²) in [6.45, 7) is 8.45. The van der Waals surface area contributed by atoms with Crippen LogP contribution in [0.3, 0.4) is 0 Å². The number of benzene rings is 4. The Hall–Kier alpha value is -2.72. The Morgan fingerprint density at radius 2 is 1.08 bits per heavy atom. The molecule has 2 saturated carbocycles. The maximum atomic E-state index is 9.08. The molecule has 6 nitrogen and oxygen atoms in total. The van der Waals surface area contributed by atoms with Crippen LogP contribution in [0.5, 0.6) is 11.5 Å². The molecule has 292 valence electrons. The van der Waals surface area contributed by atoms with Crippen LogP contribution in [0, 0.1) is 0 Å². The Bertz CT molecular complexity index is 1700. The van der Waals surface area contributed by atoms with Gasteiger partial charge in [-0.3, -0.25) is 0 Å². The molecule has 6 rings (SSSR count). The van der Waals surface area contributed by atoms with Gasteiger partial charge in [0, 0.05) is 45.0 Å². The molecule has 2 fully saturated rings. The quantitative estimate of drug-likeness (QED) is 0.0971. The summed E-state index contributed by atoms with van der Waals surface area (Å²) in [7, 11) is -2.18. The second-order valence-electron chi connectivity index (χ2n) is 14.3. The molecule has 9 heteroatoms. The van der Waals surface area contributed by atoms with Crippen molar-refractivity contribution in [3.05, 3.63) is 97.1 Å². The molecule has 0 amide bonds.